The lowest BCUT2D eigenvalue weighted by molar-refractivity contribution is 0.112. The smallest absolute Gasteiger partial charge is 0.155 e. The third kappa shape index (κ3) is 2.07. The molecule has 0 bridgehead atoms. The molecule has 88 valence electrons. The van der Waals surface area contributed by atoms with E-state index in [-0.39, 0.29) is 0 Å². The molecule has 1 atom stereocenters. The Kier molecular flexibility index (Phi) is 2.84. The van der Waals surface area contributed by atoms with E-state index in [1.165, 1.54) is 18.6 Å². The van der Waals surface area contributed by atoms with Crippen molar-refractivity contribution >= 4 is 23.7 Å². The van der Waals surface area contributed by atoms with Crippen molar-refractivity contribution in [2.24, 2.45) is 0 Å². The maximum absolute atomic E-state index is 10.7. The topological polar surface area (TPSA) is 47.3 Å². The molecule has 0 radical (unpaired) electrons. The lowest BCUT2D eigenvalue weighted by atomic mass is 10.1. The second kappa shape index (κ2) is 4.49. The summed E-state index contributed by atoms with van der Waals surface area (Å²) >= 11 is 1.97. The van der Waals surface area contributed by atoms with Gasteiger partial charge < -0.3 is 0 Å². The molecule has 1 aliphatic rings. The SMILES string of the molecule is O=Cc1ccc2nc(C3CCCSC3)nn2c1. The molecular formula is C12H13N3OS. The Bertz CT molecular complexity index is 546. The Hall–Kier alpha value is -1.36. The Morgan fingerprint density at radius 1 is 1.47 bits per heavy atom. The van der Waals surface area contributed by atoms with E-state index in [0.29, 0.717) is 11.5 Å². The van der Waals surface area contributed by atoms with Crippen LogP contribution in [0.5, 0.6) is 0 Å². The largest absolute Gasteiger partial charge is 0.298 e. The first-order valence-electron chi connectivity index (χ1n) is 5.76. The Balaban J connectivity index is 1.97. The molecule has 3 heterocycles. The van der Waals surface area contributed by atoms with Gasteiger partial charge in [-0.05, 0) is 30.7 Å². The second-order valence-electron chi connectivity index (χ2n) is 4.27. The maximum Gasteiger partial charge on any atom is 0.155 e. The molecule has 1 aliphatic heterocycles. The number of carbonyl (C=O) groups excluding carboxylic acids is 1. The Morgan fingerprint density at radius 2 is 2.41 bits per heavy atom. The molecule has 17 heavy (non-hydrogen) atoms. The van der Waals surface area contributed by atoms with Crippen LogP contribution in [-0.4, -0.2) is 32.4 Å². The van der Waals surface area contributed by atoms with Gasteiger partial charge in [-0.1, -0.05) is 0 Å². The number of aromatic nitrogens is 3. The van der Waals surface area contributed by atoms with Crippen LogP contribution in [-0.2, 0) is 0 Å². The maximum atomic E-state index is 10.7. The second-order valence-corrected chi connectivity index (χ2v) is 5.42. The molecule has 0 N–H and O–H groups in total. The third-order valence-corrected chi connectivity index (χ3v) is 4.25. The highest BCUT2D eigenvalue weighted by molar-refractivity contribution is 7.99. The number of hydrogen-bond acceptors (Lipinski definition) is 4. The van der Waals surface area contributed by atoms with Crippen molar-refractivity contribution in [3.05, 3.63) is 29.7 Å². The van der Waals surface area contributed by atoms with E-state index >= 15 is 0 Å². The summed E-state index contributed by atoms with van der Waals surface area (Å²) in [5.41, 5.74) is 1.45. The number of thioether (sulfide) groups is 1. The van der Waals surface area contributed by atoms with Crippen molar-refractivity contribution < 1.29 is 4.79 Å². The van der Waals surface area contributed by atoms with E-state index in [2.05, 4.69) is 10.1 Å². The van der Waals surface area contributed by atoms with Crippen LogP contribution in [0, 0.1) is 0 Å². The molecule has 0 spiro atoms. The van der Waals surface area contributed by atoms with Crippen molar-refractivity contribution in [1.29, 1.82) is 0 Å². The van der Waals surface area contributed by atoms with Crippen molar-refractivity contribution in [1.82, 2.24) is 14.6 Å². The summed E-state index contributed by atoms with van der Waals surface area (Å²) < 4.78 is 1.71. The first-order chi connectivity index (χ1) is 8.36. The number of carbonyl (C=O) groups is 1. The highest BCUT2D eigenvalue weighted by atomic mass is 32.2. The monoisotopic (exact) mass is 247 g/mol. The van der Waals surface area contributed by atoms with Crippen LogP contribution in [0.1, 0.15) is 34.9 Å². The van der Waals surface area contributed by atoms with E-state index in [0.717, 1.165) is 23.5 Å². The number of fused-ring (bicyclic) bond motifs is 1. The van der Waals surface area contributed by atoms with Gasteiger partial charge in [-0.25, -0.2) is 9.50 Å². The van der Waals surface area contributed by atoms with Gasteiger partial charge in [0.25, 0.3) is 0 Å². The zero-order chi connectivity index (χ0) is 11.7. The van der Waals surface area contributed by atoms with Crippen LogP contribution in [0.3, 0.4) is 0 Å². The van der Waals surface area contributed by atoms with E-state index in [1.807, 2.05) is 17.8 Å². The van der Waals surface area contributed by atoms with Crippen molar-refractivity contribution in [3.8, 4) is 0 Å². The number of pyridine rings is 1. The van der Waals surface area contributed by atoms with Crippen LogP contribution in [0.4, 0.5) is 0 Å². The quantitative estimate of drug-likeness (QED) is 0.763. The van der Waals surface area contributed by atoms with Gasteiger partial charge in [-0.15, -0.1) is 0 Å². The summed E-state index contributed by atoms with van der Waals surface area (Å²) in [5.74, 6) is 3.74. The molecule has 0 aliphatic carbocycles. The minimum absolute atomic E-state index is 0.466. The molecular weight excluding hydrogens is 234 g/mol. The molecule has 1 unspecified atom stereocenters. The average Bonchev–Trinajstić information content (AvgIpc) is 2.82. The normalized spacial score (nSPS) is 20.6. The van der Waals surface area contributed by atoms with Crippen molar-refractivity contribution in [3.63, 3.8) is 0 Å². The van der Waals surface area contributed by atoms with Gasteiger partial charge in [0.15, 0.2) is 17.8 Å². The number of aldehydes is 1. The molecule has 3 rings (SSSR count). The first-order valence-corrected chi connectivity index (χ1v) is 6.91. The number of rotatable bonds is 2. The minimum atomic E-state index is 0.466. The van der Waals surface area contributed by atoms with E-state index < -0.39 is 0 Å². The van der Waals surface area contributed by atoms with Crippen LogP contribution in [0.25, 0.3) is 5.65 Å². The van der Waals surface area contributed by atoms with Crippen molar-refractivity contribution in [2.45, 2.75) is 18.8 Å². The fourth-order valence-corrected chi connectivity index (χ4v) is 3.24. The van der Waals surface area contributed by atoms with E-state index in [1.54, 1.807) is 16.8 Å². The minimum Gasteiger partial charge on any atom is -0.298 e. The van der Waals surface area contributed by atoms with Gasteiger partial charge in [0, 0.05) is 23.4 Å². The molecule has 4 nitrogen and oxygen atoms in total. The third-order valence-electron chi connectivity index (χ3n) is 3.03. The van der Waals surface area contributed by atoms with E-state index in [9.17, 15) is 4.79 Å². The van der Waals surface area contributed by atoms with Crippen molar-refractivity contribution in [2.75, 3.05) is 11.5 Å². The molecule has 1 fully saturated rings. The molecule has 1 saturated heterocycles. The highest BCUT2D eigenvalue weighted by Gasteiger charge is 2.20. The van der Waals surface area contributed by atoms with Gasteiger partial charge in [-0.2, -0.15) is 16.9 Å². The molecule has 2 aromatic rings. The highest BCUT2D eigenvalue weighted by Crippen LogP contribution is 2.29. The van der Waals surface area contributed by atoms with Gasteiger partial charge in [-0.3, -0.25) is 4.79 Å². The summed E-state index contributed by atoms with van der Waals surface area (Å²) in [4.78, 5) is 15.2. The van der Waals surface area contributed by atoms with Crippen LogP contribution < -0.4 is 0 Å². The van der Waals surface area contributed by atoms with Crippen LogP contribution in [0.15, 0.2) is 18.3 Å². The van der Waals surface area contributed by atoms with Gasteiger partial charge in [0.05, 0.1) is 0 Å². The Morgan fingerprint density at radius 3 is 3.18 bits per heavy atom. The Labute approximate surface area is 103 Å². The zero-order valence-corrected chi connectivity index (χ0v) is 10.2. The fraction of sp³-hybridized carbons (Fsp3) is 0.417. The summed E-state index contributed by atoms with van der Waals surface area (Å²) in [7, 11) is 0. The first kappa shape index (κ1) is 10.8. The number of hydrogen-bond donors (Lipinski definition) is 0. The van der Waals surface area contributed by atoms with Gasteiger partial charge >= 0.3 is 0 Å². The van der Waals surface area contributed by atoms with E-state index in [4.69, 9.17) is 0 Å². The number of nitrogens with zero attached hydrogens (tertiary/aromatic N) is 3. The van der Waals surface area contributed by atoms with Gasteiger partial charge in [0.2, 0.25) is 0 Å². The fourth-order valence-electron chi connectivity index (χ4n) is 2.10. The van der Waals surface area contributed by atoms with Crippen LogP contribution >= 0.6 is 11.8 Å². The molecule has 2 aromatic heterocycles. The predicted octanol–water partition coefficient (Wildman–Crippen LogP) is 2.15. The molecule has 0 amide bonds. The average molecular weight is 247 g/mol. The van der Waals surface area contributed by atoms with Crippen LogP contribution in [0.2, 0.25) is 0 Å². The van der Waals surface area contributed by atoms with Gasteiger partial charge in [0.1, 0.15) is 0 Å². The summed E-state index contributed by atoms with van der Waals surface area (Å²) in [5, 5.41) is 4.48. The predicted molar refractivity (Wildman–Crippen MR) is 67.7 cm³/mol. The standard InChI is InChI=1S/C12H13N3OS/c16-7-9-3-4-11-13-12(14-15(11)6-9)10-2-1-5-17-8-10/h3-4,6-7,10H,1-2,5,8H2. The summed E-state index contributed by atoms with van der Waals surface area (Å²) in [6.07, 6.45) is 4.97. The lowest BCUT2D eigenvalue weighted by Crippen LogP contribution is -2.10. The zero-order valence-electron chi connectivity index (χ0n) is 9.37. The molecule has 0 aromatic carbocycles. The summed E-state index contributed by atoms with van der Waals surface area (Å²) in [6, 6.07) is 3.62. The lowest BCUT2D eigenvalue weighted by Gasteiger charge is -2.17. The summed E-state index contributed by atoms with van der Waals surface area (Å²) in [6.45, 7) is 0. The molecule has 0 saturated carbocycles. The molecule has 5 heteroatoms.